The monoisotopic (exact) mass is 231 g/mol. The van der Waals surface area contributed by atoms with Gasteiger partial charge in [0, 0.05) is 18.8 Å². The van der Waals surface area contributed by atoms with Gasteiger partial charge in [-0.05, 0) is 49.1 Å². The summed E-state index contributed by atoms with van der Waals surface area (Å²) >= 11 is 0. The number of hydrogen-bond donors (Lipinski definition) is 1. The van der Waals surface area contributed by atoms with Gasteiger partial charge in [0.2, 0.25) is 0 Å². The highest BCUT2D eigenvalue weighted by Gasteiger charge is 2.37. The second-order valence-corrected chi connectivity index (χ2v) is 5.67. The Bertz CT molecular complexity index is 392. The molecular weight excluding hydrogens is 210 g/mol. The fourth-order valence-corrected chi connectivity index (χ4v) is 2.73. The average Bonchev–Trinajstić information content (AvgIpc) is 3.08. The van der Waals surface area contributed by atoms with Gasteiger partial charge in [0.15, 0.2) is 0 Å². The fraction of sp³-hybridized carbons (Fsp3) is 0.600. The molecule has 1 saturated heterocycles. The van der Waals surface area contributed by atoms with Gasteiger partial charge in [-0.25, -0.2) is 0 Å². The first-order valence-electron chi connectivity index (χ1n) is 6.71. The van der Waals surface area contributed by atoms with E-state index in [1.165, 1.54) is 24.0 Å². The number of ether oxygens (including phenoxy) is 1. The van der Waals surface area contributed by atoms with Crippen LogP contribution in [0.25, 0.3) is 0 Å². The summed E-state index contributed by atoms with van der Waals surface area (Å²) in [4.78, 5) is 0. The highest BCUT2D eigenvalue weighted by atomic mass is 16.5. The molecule has 0 amide bonds. The standard InChI is InChI=1S/C15H21NO/c16-15(6-7-15)11-12-2-1-3-14(10-12)13-4-8-17-9-5-13/h1-3,10,13H,4-9,11,16H2. The second kappa shape index (κ2) is 4.43. The van der Waals surface area contributed by atoms with E-state index in [9.17, 15) is 0 Å². The smallest absolute Gasteiger partial charge is 0.0471 e. The van der Waals surface area contributed by atoms with E-state index in [4.69, 9.17) is 10.5 Å². The minimum absolute atomic E-state index is 0.119. The molecule has 1 aromatic carbocycles. The maximum absolute atomic E-state index is 6.19. The van der Waals surface area contributed by atoms with Crippen LogP contribution < -0.4 is 5.73 Å². The summed E-state index contributed by atoms with van der Waals surface area (Å²) < 4.78 is 5.42. The molecule has 2 N–H and O–H groups in total. The molecule has 0 unspecified atom stereocenters. The lowest BCUT2D eigenvalue weighted by atomic mass is 9.89. The molecule has 1 aromatic rings. The van der Waals surface area contributed by atoms with Crippen LogP contribution in [0.3, 0.4) is 0 Å². The topological polar surface area (TPSA) is 35.2 Å². The first kappa shape index (κ1) is 11.2. The van der Waals surface area contributed by atoms with Crippen LogP contribution in [-0.4, -0.2) is 18.8 Å². The highest BCUT2D eigenvalue weighted by Crippen LogP contribution is 2.36. The summed E-state index contributed by atoms with van der Waals surface area (Å²) in [5.74, 6) is 0.691. The average molecular weight is 231 g/mol. The zero-order valence-electron chi connectivity index (χ0n) is 10.3. The largest absolute Gasteiger partial charge is 0.381 e. The molecule has 2 heteroatoms. The van der Waals surface area contributed by atoms with Crippen LogP contribution in [0, 0.1) is 0 Å². The van der Waals surface area contributed by atoms with E-state index in [2.05, 4.69) is 24.3 Å². The Morgan fingerprint density at radius 1 is 1.24 bits per heavy atom. The molecule has 1 saturated carbocycles. The Morgan fingerprint density at radius 2 is 2.00 bits per heavy atom. The van der Waals surface area contributed by atoms with Crippen LogP contribution in [0.2, 0.25) is 0 Å². The number of hydrogen-bond acceptors (Lipinski definition) is 2. The minimum Gasteiger partial charge on any atom is -0.381 e. The number of benzene rings is 1. The first-order valence-corrected chi connectivity index (χ1v) is 6.71. The number of rotatable bonds is 3. The van der Waals surface area contributed by atoms with E-state index in [0.29, 0.717) is 5.92 Å². The van der Waals surface area contributed by atoms with Crippen molar-refractivity contribution >= 4 is 0 Å². The second-order valence-electron chi connectivity index (χ2n) is 5.67. The lowest BCUT2D eigenvalue weighted by molar-refractivity contribution is 0.0853. The van der Waals surface area contributed by atoms with E-state index < -0.39 is 0 Å². The highest BCUT2D eigenvalue weighted by molar-refractivity contribution is 5.29. The molecule has 1 heterocycles. The molecule has 92 valence electrons. The van der Waals surface area contributed by atoms with Crippen molar-refractivity contribution in [2.24, 2.45) is 5.73 Å². The molecule has 1 aliphatic carbocycles. The van der Waals surface area contributed by atoms with Crippen LogP contribution in [0.15, 0.2) is 24.3 Å². The molecule has 0 aromatic heterocycles. The van der Waals surface area contributed by atoms with Crippen molar-refractivity contribution in [3.8, 4) is 0 Å². The van der Waals surface area contributed by atoms with Gasteiger partial charge in [0.1, 0.15) is 0 Å². The Labute approximate surface area is 103 Å². The van der Waals surface area contributed by atoms with Gasteiger partial charge in [-0.2, -0.15) is 0 Å². The minimum atomic E-state index is 0.119. The summed E-state index contributed by atoms with van der Waals surface area (Å²) in [6.07, 6.45) is 5.75. The molecule has 0 atom stereocenters. The first-order chi connectivity index (χ1) is 8.25. The van der Waals surface area contributed by atoms with E-state index >= 15 is 0 Å². The molecule has 2 fully saturated rings. The maximum atomic E-state index is 6.19. The van der Waals surface area contributed by atoms with Crippen LogP contribution in [0.4, 0.5) is 0 Å². The van der Waals surface area contributed by atoms with Gasteiger partial charge in [0.05, 0.1) is 0 Å². The van der Waals surface area contributed by atoms with Gasteiger partial charge in [0.25, 0.3) is 0 Å². The predicted molar refractivity (Wildman–Crippen MR) is 69.1 cm³/mol. The zero-order valence-corrected chi connectivity index (χ0v) is 10.3. The lowest BCUT2D eigenvalue weighted by Crippen LogP contribution is -2.24. The molecule has 2 nitrogen and oxygen atoms in total. The van der Waals surface area contributed by atoms with Gasteiger partial charge >= 0.3 is 0 Å². The SMILES string of the molecule is NC1(Cc2cccc(C3CCOCC3)c2)CC1. The summed E-state index contributed by atoms with van der Waals surface area (Å²) in [5, 5.41) is 0. The molecular formula is C15H21NO. The third-order valence-electron chi connectivity index (χ3n) is 4.09. The van der Waals surface area contributed by atoms with Gasteiger partial charge in [-0.3, -0.25) is 0 Å². The Hall–Kier alpha value is -0.860. The lowest BCUT2D eigenvalue weighted by Gasteiger charge is -2.23. The van der Waals surface area contributed by atoms with Gasteiger partial charge in [-0.1, -0.05) is 24.3 Å². The molecule has 0 radical (unpaired) electrons. The molecule has 0 bridgehead atoms. The van der Waals surface area contributed by atoms with Crippen molar-refractivity contribution in [1.82, 2.24) is 0 Å². The molecule has 2 aliphatic rings. The zero-order chi connectivity index (χ0) is 11.7. The van der Waals surface area contributed by atoms with Crippen molar-refractivity contribution in [1.29, 1.82) is 0 Å². The summed E-state index contributed by atoms with van der Waals surface area (Å²) in [5.41, 5.74) is 9.20. The van der Waals surface area contributed by atoms with E-state index in [1.54, 1.807) is 0 Å². The Balaban J connectivity index is 1.73. The Kier molecular flexibility index (Phi) is 2.93. The van der Waals surface area contributed by atoms with Crippen molar-refractivity contribution in [3.05, 3.63) is 35.4 Å². The molecule has 0 spiro atoms. The van der Waals surface area contributed by atoms with Gasteiger partial charge < -0.3 is 10.5 Å². The summed E-state index contributed by atoms with van der Waals surface area (Å²) in [6.45, 7) is 1.82. The summed E-state index contributed by atoms with van der Waals surface area (Å²) in [7, 11) is 0. The van der Waals surface area contributed by atoms with E-state index in [0.717, 1.165) is 32.5 Å². The molecule has 17 heavy (non-hydrogen) atoms. The predicted octanol–water partition coefficient (Wildman–Crippen LogP) is 2.61. The molecule has 3 rings (SSSR count). The van der Waals surface area contributed by atoms with Crippen molar-refractivity contribution in [3.63, 3.8) is 0 Å². The Morgan fingerprint density at radius 3 is 2.71 bits per heavy atom. The van der Waals surface area contributed by atoms with Crippen LogP contribution in [0.1, 0.15) is 42.7 Å². The number of nitrogens with two attached hydrogens (primary N) is 1. The third-order valence-corrected chi connectivity index (χ3v) is 4.09. The summed E-state index contributed by atoms with van der Waals surface area (Å²) in [6, 6.07) is 9.03. The molecule has 1 aliphatic heterocycles. The quantitative estimate of drug-likeness (QED) is 0.868. The normalized spacial score (nSPS) is 23.6. The van der Waals surface area contributed by atoms with Crippen LogP contribution in [-0.2, 0) is 11.2 Å². The fourth-order valence-electron chi connectivity index (χ4n) is 2.73. The van der Waals surface area contributed by atoms with Crippen molar-refractivity contribution in [2.75, 3.05) is 13.2 Å². The van der Waals surface area contributed by atoms with Crippen molar-refractivity contribution in [2.45, 2.75) is 43.6 Å². The maximum Gasteiger partial charge on any atom is 0.0471 e. The van der Waals surface area contributed by atoms with E-state index in [1.807, 2.05) is 0 Å². The van der Waals surface area contributed by atoms with Crippen LogP contribution in [0.5, 0.6) is 0 Å². The van der Waals surface area contributed by atoms with Crippen molar-refractivity contribution < 1.29 is 4.74 Å². The third kappa shape index (κ3) is 2.70. The van der Waals surface area contributed by atoms with E-state index in [-0.39, 0.29) is 5.54 Å². The van der Waals surface area contributed by atoms with Crippen LogP contribution >= 0.6 is 0 Å². The van der Waals surface area contributed by atoms with Gasteiger partial charge in [-0.15, -0.1) is 0 Å².